The SMILES string of the molecule is Cl.O=C(Cc1ccccc1)N1CCN(CCCC2(C(=O)O)c3ccccc3-c3ccccc32)CC1. The Morgan fingerprint density at radius 3 is 1.89 bits per heavy atom. The number of carboxylic acids is 1. The number of hydrogen-bond donors (Lipinski definition) is 1. The third-order valence-corrected chi connectivity index (χ3v) is 7.38. The molecular formula is C29H31ClN2O3. The van der Waals surface area contributed by atoms with Gasteiger partial charge in [0, 0.05) is 26.2 Å². The molecule has 35 heavy (non-hydrogen) atoms. The van der Waals surface area contributed by atoms with Crippen molar-refractivity contribution in [3.05, 3.63) is 95.6 Å². The molecule has 3 aromatic carbocycles. The molecule has 1 aliphatic heterocycles. The molecule has 0 bridgehead atoms. The molecule has 182 valence electrons. The van der Waals surface area contributed by atoms with Gasteiger partial charge in [0.2, 0.25) is 5.91 Å². The molecule has 0 spiro atoms. The number of hydrogen-bond acceptors (Lipinski definition) is 3. The molecule has 3 aromatic rings. The topological polar surface area (TPSA) is 60.9 Å². The third-order valence-electron chi connectivity index (χ3n) is 7.38. The van der Waals surface area contributed by atoms with Crippen molar-refractivity contribution in [2.45, 2.75) is 24.7 Å². The average Bonchev–Trinajstić information content (AvgIpc) is 3.16. The van der Waals surface area contributed by atoms with E-state index in [9.17, 15) is 14.7 Å². The highest BCUT2D eigenvalue weighted by molar-refractivity contribution is 5.97. The summed E-state index contributed by atoms with van der Waals surface area (Å²) in [6.45, 7) is 3.93. The summed E-state index contributed by atoms with van der Waals surface area (Å²) >= 11 is 0. The van der Waals surface area contributed by atoms with Crippen LogP contribution >= 0.6 is 12.4 Å². The highest BCUT2D eigenvalue weighted by Gasteiger charge is 2.48. The minimum absolute atomic E-state index is 0. The lowest BCUT2D eigenvalue weighted by molar-refractivity contribution is -0.142. The number of amides is 1. The quantitative estimate of drug-likeness (QED) is 0.524. The summed E-state index contributed by atoms with van der Waals surface area (Å²) in [5, 5.41) is 10.5. The normalized spacial score (nSPS) is 16.2. The number of piperazine rings is 1. The van der Waals surface area contributed by atoms with E-state index >= 15 is 0 Å². The lowest BCUT2D eigenvalue weighted by Crippen LogP contribution is -2.49. The molecule has 1 saturated heterocycles. The zero-order chi connectivity index (χ0) is 23.5. The van der Waals surface area contributed by atoms with Gasteiger partial charge in [-0.05, 0) is 47.2 Å². The highest BCUT2D eigenvalue weighted by Crippen LogP contribution is 2.51. The van der Waals surface area contributed by atoms with Crippen LogP contribution in [0.4, 0.5) is 0 Å². The fraction of sp³-hybridized carbons (Fsp3) is 0.310. The monoisotopic (exact) mass is 490 g/mol. The Kier molecular flexibility index (Phi) is 7.58. The third kappa shape index (κ3) is 4.71. The van der Waals surface area contributed by atoms with Crippen LogP contribution in [-0.4, -0.2) is 59.5 Å². The van der Waals surface area contributed by atoms with Gasteiger partial charge in [-0.15, -0.1) is 12.4 Å². The van der Waals surface area contributed by atoms with Gasteiger partial charge in [-0.1, -0.05) is 78.9 Å². The largest absolute Gasteiger partial charge is 0.480 e. The summed E-state index contributed by atoms with van der Waals surface area (Å²) in [5.74, 6) is -0.601. The first kappa shape index (κ1) is 25.0. The molecule has 5 rings (SSSR count). The lowest BCUT2D eigenvalue weighted by atomic mass is 9.74. The summed E-state index contributed by atoms with van der Waals surface area (Å²) in [4.78, 5) is 29.7. The number of aliphatic carboxylic acids is 1. The first-order chi connectivity index (χ1) is 16.6. The Bertz CT molecular complexity index is 1140. The van der Waals surface area contributed by atoms with Crippen LogP contribution in [0, 0.1) is 0 Å². The van der Waals surface area contributed by atoms with E-state index in [-0.39, 0.29) is 18.3 Å². The molecule has 0 radical (unpaired) electrons. The van der Waals surface area contributed by atoms with E-state index in [2.05, 4.69) is 4.90 Å². The van der Waals surface area contributed by atoms with Gasteiger partial charge < -0.3 is 10.0 Å². The maximum Gasteiger partial charge on any atom is 0.318 e. The molecule has 1 fully saturated rings. The number of carboxylic acid groups (broad SMARTS) is 1. The van der Waals surface area contributed by atoms with Crippen molar-refractivity contribution in [2.75, 3.05) is 32.7 Å². The molecule has 6 heteroatoms. The number of benzene rings is 3. The predicted octanol–water partition coefficient (Wildman–Crippen LogP) is 4.63. The average molecular weight is 491 g/mol. The van der Waals surface area contributed by atoms with Crippen molar-refractivity contribution in [2.24, 2.45) is 0 Å². The summed E-state index contributed by atoms with van der Waals surface area (Å²) in [5.41, 5.74) is 3.92. The van der Waals surface area contributed by atoms with Crippen LogP contribution in [0.25, 0.3) is 11.1 Å². The van der Waals surface area contributed by atoms with Crippen molar-refractivity contribution in [1.29, 1.82) is 0 Å². The Balaban J connectivity index is 0.00000289. The summed E-state index contributed by atoms with van der Waals surface area (Å²) in [7, 11) is 0. The molecule has 1 heterocycles. The van der Waals surface area contributed by atoms with Gasteiger partial charge in [0.25, 0.3) is 0 Å². The molecule has 1 N–H and O–H groups in total. The highest BCUT2D eigenvalue weighted by atomic mass is 35.5. The van der Waals surface area contributed by atoms with Crippen molar-refractivity contribution in [1.82, 2.24) is 9.80 Å². The maximum atomic E-state index is 12.7. The molecule has 0 atom stereocenters. The van der Waals surface area contributed by atoms with Crippen LogP contribution in [0.5, 0.6) is 0 Å². The molecule has 2 aliphatic rings. The van der Waals surface area contributed by atoms with Gasteiger partial charge >= 0.3 is 5.97 Å². The zero-order valence-corrected chi connectivity index (χ0v) is 20.5. The second-order valence-electron chi connectivity index (χ2n) is 9.29. The molecule has 5 nitrogen and oxygen atoms in total. The number of nitrogens with zero attached hydrogens (tertiary/aromatic N) is 2. The molecular weight excluding hydrogens is 460 g/mol. The smallest absolute Gasteiger partial charge is 0.318 e. The van der Waals surface area contributed by atoms with E-state index in [0.717, 1.165) is 67.0 Å². The van der Waals surface area contributed by atoms with Gasteiger partial charge in [0.05, 0.1) is 6.42 Å². The number of carbonyl (C=O) groups is 2. The van der Waals surface area contributed by atoms with E-state index < -0.39 is 11.4 Å². The standard InChI is InChI=1S/C29H30N2O3.ClH/c32-27(21-22-9-2-1-3-10-22)31-19-17-30(18-20-31)16-8-15-29(28(33)34)25-13-6-4-11-23(25)24-12-5-7-14-26(24)29;/h1-7,9-14H,8,15-21H2,(H,33,34);1H. The number of fused-ring (bicyclic) bond motifs is 3. The zero-order valence-electron chi connectivity index (χ0n) is 19.7. The van der Waals surface area contributed by atoms with Crippen LogP contribution < -0.4 is 0 Å². The number of rotatable bonds is 7. The minimum atomic E-state index is -0.999. The summed E-state index contributed by atoms with van der Waals surface area (Å²) < 4.78 is 0. The summed E-state index contributed by atoms with van der Waals surface area (Å²) in [6.07, 6.45) is 1.79. The van der Waals surface area contributed by atoms with Crippen LogP contribution in [0.2, 0.25) is 0 Å². The van der Waals surface area contributed by atoms with Gasteiger partial charge in [-0.3, -0.25) is 14.5 Å². The molecule has 0 unspecified atom stereocenters. The van der Waals surface area contributed by atoms with Gasteiger partial charge in [0.15, 0.2) is 0 Å². The van der Waals surface area contributed by atoms with Crippen molar-refractivity contribution < 1.29 is 14.7 Å². The van der Waals surface area contributed by atoms with E-state index in [4.69, 9.17) is 0 Å². The van der Waals surface area contributed by atoms with E-state index in [0.29, 0.717) is 12.8 Å². The van der Waals surface area contributed by atoms with Crippen molar-refractivity contribution in [3.63, 3.8) is 0 Å². The summed E-state index contributed by atoms with van der Waals surface area (Å²) in [6, 6.07) is 25.7. The van der Waals surface area contributed by atoms with Crippen LogP contribution in [0.15, 0.2) is 78.9 Å². The van der Waals surface area contributed by atoms with Gasteiger partial charge in [-0.25, -0.2) is 0 Å². The fourth-order valence-corrected chi connectivity index (χ4v) is 5.60. The van der Waals surface area contributed by atoms with E-state index in [1.807, 2.05) is 83.8 Å². The second-order valence-corrected chi connectivity index (χ2v) is 9.29. The number of carbonyl (C=O) groups excluding carboxylic acids is 1. The first-order valence-electron chi connectivity index (χ1n) is 12.1. The van der Waals surface area contributed by atoms with Gasteiger partial charge in [-0.2, -0.15) is 0 Å². The van der Waals surface area contributed by atoms with E-state index in [1.54, 1.807) is 0 Å². The maximum absolute atomic E-state index is 12.7. The van der Waals surface area contributed by atoms with Crippen molar-refractivity contribution >= 4 is 24.3 Å². The Hall–Kier alpha value is -3.15. The lowest BCUT2D eigenvalue weighted by Gasteiger charge is -2.35. The van der Waals surface area contributed by atoms with Gasteiger partial charge in [0.1, 0.15) is 5.41 Å². The Morgan fingerprint density at radius 1 is 0.771 bits per heavy atom. The minimum Gasteiger partial charge on any atom is -0.480 e. The van der Waals surface area contributed by atoms with Crippen LogP contribution in [0.1, 0.15) is 29.5 Å². The Labute approximate surface area is 212 Å². The first-order valence-corrected chi connectivity index (χ1v) is 12.1. The van der Waals surface area contributed by atoms with Crippen LogP contribution in [-0.2, 0) is 21.4 Å². The van der Waals surface area contributed by atoms with E-state index in [1.165, 1.54) is 0 Å². The molecule has 1 amide bonds. The fourth-order valence-electron chi connectivity index (χ4n) is 5.60. The predicted molar refractivity (Wildman–Crippen MR) is 140 cm³/mol. The molecule has 0 saturated carbocycles. The van der Waals surface area contributed by atoms with Crippen molar-refractivity contribution in [3.8, 4) is 11.1 Å². The number of halogens is 1. The molecule has 0 aromatic heterocycles. The Morgan fingerprint density at radius 2 is 1.31 bits per heavy atom. The molecule has 1 aliphatic carbocycles. The van der Waals surface area contributed by atoms with Crippen LogP contribution in [0.3, 0.4) is 0 Å². The second kappa shape index (κ2) is 10.6.